The molecule has 1 atom stereocenters. The van der Waals surface area contributed by atoms with Crippen LogP contribution in [0, 0.1) is 5.92 Å². The number of hydrogen-bond acceptors (Lipinski definition) is 3. The van der Waals surface area contributed by atoms with Crippen LogP contribution in [-0.4, -0.2) is 36.4 Å². The van der Waals surface area contributed by atoms with E-state index in [0.717, 1.165) is 24.2 Å². The van der Waals surface area contributed by atoms with Crippen LogP contribution in [0.4, 0.5) is 0 Å². The average Bonchev–Trinajstić information content (AvgIpc) is 2.59. The monoisotopic (exact) mass is 348 g/mol. The Morgan fingerprint density at radius 1 is 1.16 bits per heavy atom. The quantitative estimate of drug-likeness (QED) is 0.705. The lowest BCUT2D eigenvalue weighted by molar-refractivity contribution is -0.140. The Morgan fingerprint density at radius 3 is 2.32 bits per heavy atom. The Labute approximate surface area is 151 Å². The topological polar surface area (TPSA) is 58.6 Å². The highest BCUT2D eigenvalue weighted by atomic mass is 16.5. The molecule has 0 saturated carbocycles. The minimum Gasteiger partial charge on any atom is -0.497 e. The first-order valence-corrected chi connectivity index (χ1v) is 9.09. The molecule has 0 heterocycles. The smallest absolute Gasteiger partial charge is 0.242 e. The second-order valence-electron chi connectivity index (χ2n) is 6.77. The summed E-state index contributed by atoms with van der Waals surface area (Å²) in [6.07, 6.45) is 2.14. The van der Waals surface area contributed by atoms with Crippen LogP contribution in [0.15, 0.2) is 24.3 Å². The zero-order valence-electron chi connectivity index (χ0n) is 16.2. The molecule has 1 rings (SSSR count). The second kappa shape index (κ2) is 10.7. The molecule has 0 fully saturated rings. The molecule has 5 nitrogen and oxygen atoms in total. The molecule has 25 heavy (non-hydrogen) atoms. The number of carbonyl (C=O) groups excluding carboxylic acids is 2. The number of nitrogens with one attached hydrogen (secondary N) is 1. The fourth-order valence-corrected chi connectivity index (χ4v) is 2.50. The Hall–Kier alpha value is -2.04. The summed E-state index contributed by atoms with van der Waals surface area (Å²) in [5.41, 5.74) is 0.979. The normalized spacial score (nSPS) is 11.9. The van der Waals surface area contributed by atoms with Crippen molar-refractivity contribution in [1.82, 2.24) is 10.2 Å². The molecule has 5 heteroatoms. The molecule has 0 aromatic heterocycles. The fourth-order valence-electron chi connectivity index (χ4n) is 2.50. The number of nitrogens with zero attached hydrogens (tertiary/aromatic N) is 1. The van der Waals surface area contributed by atoms with Gasteiger partial charge in [0.05, 0.1) is 7.11 Å². The van der Waals surface area contributed by atoms with E-state index in [1.165, 1.54) is 0 Å². The van der Waals surface area contributed by atoms with E-state index in [1.807, 2.05) is 31.2 Å². The fraction of sp³-hybridized carbons (Fsp3) is 0.600. The minimum absolute atomic E-state index is 0.00447. The lowest BCUT2D eigenvalue weighted by atomic mass is 10.1. The van der Waals surface area contributed by atoms with Crippen molar-refractivity contribution in [3.8, 4) is 5.75 Å². The molecule has 0 unspecified atom stereocenters. The van der Waals surface area contributed by atoms with Gasteiger partial charge in [0.1, 0.15) is 11.8 Å². The van der Waals surface area contributed by atoms with Crippen molar-refractivity contribution in [1.29, 1.82) is 0 Å². The number of methoxy groups -OCH3 is 1. The van der Waals surface area contributed by atoms with Crippen molar-refractivity contribution in [2.24, 2.45) is 5.92 Å². The number of amides is 2. The molecule has 2 amide bonds. The molecule has 1 aromatic carbocycles. The summed E-state index contributed by atoms with van der Waals surface area (Å²) in [6.45, 7) is 9.06. The SMILES string of the molecule is CCCC(=O)N(Cc1ccc(OC)cc1)[C@H](C)C(=O)NCCC(C)C. The van der Waals surface area contributed by atoms with Crippen molar-refractivity contribution in [2.45, 2.75) is 59.5 Å². The summed E-state index contributed by atoms with van der Waals surface area (Å²) in [6, 6.07) is 7.09. The van der Waals surface area contributed by atoms with Gasteiger partial charge in [-0.05, 0) is 43.4 Å². The van der Waals surface area contributed by atoms with Gasteiger partial charge in [0.2, 0.25) is 11.8 Å². The Morgan fingerprint density at radius 2 is 1.80 bits per heavy atom. The molecular formula is C20H32N2O3. The maximum atomic E-state index is 12.5. The summed E-state index contributed by atoms with van der Waals surface area (Å²) in [7, 11) is 1.62. The number of ether oxygens (including phenoxy) is 1. The number of carbonyl (C=O) groups is 2. The van der Waals surface area contributed by atoms with E-state index in [2.05, 4.69) is 19.2 Å². The van der Waals surface area contributed by atoms with Gasteiger partial charge in [-0.25, -0.2) is 0 Å². The van der Waals surface area contributed by atoms with Crippen LogP contribution >= 0.6 is 0 Å². The first kappa shape index (κ1) is 21.0. The van der Waals surface area contributed by atoms with E-state index in [9.17, 15) is 9.59 Å². The van der Waals surface area contributed by atoms with Crippen LogP contribution in [0.1, 0.15) is 52.5 Å². The average molecular weight is 348 g/mol. The van der Waals surface area contributed by atoms with Gasteiger partial charge in [0.15, 0.2) is 0 Å². The Kier molecular flexibility index (Phi) is 9.03. The van der Waals surface area contributed by atoms with Gasteiger partial charge in [-0.1, -0.05) is 32.9 Å². The van der Waals surface area contributed by atoms with Crippen LogP contribution in [0.3, 0.4) is 0 Å². The highest BCUT2D eigenvalue weighted by Gasteiger charge is 2.25. The lowest BCUT2D eigenvalue weighted by Crippen LogP contribution is -2.47. The molecule has 140 valence electrons. The van der Waals surface area contributed by atoms with Gasteiger partial charge >= 0.3 is 0 Å². The van der Waals surface area contributed by atoms with Crippen LogP contribution in [0.5, 0.6) is 5.75 Å². The molecule has 1 N–H and O–H groups in total. The third-order valence-electron chi connectivity index (χ3n) is 4.16. The van der Waals surface area contributed by atoms with Gasteiger partial charge in [-0.15, -0.1) is 0 Å². The lowest BCUT2D eigenvalue weighted by Gasteiger charge is -2.29. The minimum atomic E-state index is -0.492. The van der Waals surface area contributed by atoms with E-state index < -0.39 is 6.04 Å². The van der Waals surface area contributed by atoms with Crippen molar-refractivity contribution in [3.05, 3.63) is 29.8 Å². The molecule has 0 spiro atoms. The van der Waals surface area contributed by atoms with Gasteiger partial charge in [-0.2, -0.15) is 0 Å². The highest BCUT2D eigenvalue weighted by Crippen LogP contribution is 2.16. The van der Waals surface area contributed by atoms with E-state index in [0.29, 0.717) is 25.4 Å². The van der Waals surface area contributed by atoms with Gasteiger partial charge in [0.25, 0.3) is 0 Å². The van der Waals surface area contributed by atoms with Crippen molar-refractivity contribution in [3.63, 3.8) is 0 Å². The molecule has 0 aliphatic carbocycles. The summed E-state index contributed by atoms with van der Waals surface area (Å²) in [5, 5.41) is 2.94. The Bertz CT molecular complexity index is 540. The van der Waals surface area contributed by atoms with Gasteiger partial charge in [-0.3, -0.25) is 9.59 Å². The third kappa shape index (κ3) is 7.16. The molecule has 0 aliphatic heterocycles. The van der Waals surface area contributed by atoms with Crippen molar-refractivity contribution < 1.29 is 14.3 Å². The van der Waals surface area contributed by atoms with Gasteiger partial charge in [0, 0.05) is 19.5 Å². The molecule has 0 radical (unpaired) electrons. The van der Waals surface area contributed by atoms with Crippen LogP contribution in [0.25, 0.3) is 0 Å². The standard InChI is InChI=1S/C20H32N2O3/c1-6-7-19(23)22(14-17-8-10-18(25-5)11-9-17)16(4)20(24)21-13-12-15(2)3/h8-11,15-16H,6-7,12-14H2,1-5H3,(H,21,24)/t16-/m1/s1. The molecule has 0 aliphatic rings. The maximum Gasteiger partial charge on any atom is 0.242 e. The van der Waals surface area contributed by atoms with E-state index in [4.69, 9.17) is 4.74 Å². The molecule has 0 saturated heterocycles. The molecule has 1 aromatic rings. The zero-order valence-corrected chi connectivity index (χ0v) is 16.2. The zero-order chi connectivity index (χ0) is 18.8. The van der Waals surface area contributed by atoms with Crippen LogP contribution < -0.4 is 10.1 Å². The molecule has 0 bridgehead atoms. The summed E-state index contributed by atoms with van der Waals surface area (Å²) in [5.74, 6) is 1.21. The highest BCUT2D eigenvalue weighted by molar-refractivity contribution is 5.87. The number of hydrogen-bond donors (Lipinski definition) is 1. The maximum absolute atomic E-state index is 12.5. The molecular weight excluding hydrogens is 316 g/mol. The number of benzene rings is 1. The van der Waals surface area contributed by atoms with Gasteiger partial charge < -0.3 is 15.0 Å². The summed E-state index contributed by atoms with van der Waals surface area (Å²) < 4.78 is 5.16. The second-order valence-corrected chi connectivity index (χ2v) is 6.77. The van der Waals surface area contributed by atoms with Crippen molar-refractivity contribution >= 4 is 11.8 Å². The largest absolute Gasteiger partial charge is 0.497 e. The Balaban J connectivity index is 2.80. The van der Waals surface area contributed by atoms with E-state index >= 15 is 0 Å². The summed E-state index contributed by atoms with van der Waals surface area (Å²) in [4.78, 5) is 26.6. The van der Waals surface area contributed by atoms with E-state index in [-0.39, 0.29) is 11.8 Å². The van der Waals surface area contributed by atoms with Crippen molar-refractivity contribution in [2.75, 3.05) is 13.7 Å². The van der Waals surface area contributed by atoms with Crippen LogP contribution in [-0.2, 0) is 16.1 Å². The van der Waals surface area contributed by atoms with E-state index in [1.54, 1.807) is 18.9 Å². The first-order chi connectivity index (χ1) is 11.9. The predicted octanol–water partition coefficient (Wildman–Crippen LogP) is 3.37. The van der Waals surface area contributed by atoms with Crippen LogP contribution in [0.2, 0.25) is 0 Å². The first-order valence-electron chi connectivity index (χ1n) is 9.09. The predicted molar refractivity (Wildman–Crippen MR) is 100 cm³/mol. The third-order valence-corrected chi connectivity index (χ3v) is 4.16. The number of rotatable bonds is 10. The summed E-state index contributed by atoms with van der Waals surface area (Å²) >= 11 is 0.